The number of rotatable bonds is 7. The Morgan fingerprint density at radius 2 is 1.58 bits per heavy atom. The highest BCUT2D eigenvalue weighted by Crippen LogP contribution is 2.27. The fraction of sp³-hybridized carbons (Fsp3) is 0.455. The quantitative estimate of drug-likeness (QED) is 0.553. The van der Waals surface area contributed by atoms with Crippen LogP contribution in [-0.2, 0) is 13.2 Å². The molecule has 0 radical (unpaired) electrons. The molecule has 4 heteroatoms. The van der Waals surface area contributed by atoms with Crippen molar-refractivity contribution >= 4 is 23.2 Å². The molecule has 0 saturated heterocycles. The third kappa shape index (κ3) is 7.19. The highest BCUT2D eigenvalue weighted by atomic mass is 35.5. The van der Waals surface area contributed by atoms with Crippen LogP contribution in [0.1, 0.15) is 52.2 Å². The maximum Gasteiger partial charge on any atom is 0.119 e. The molecule has 142 valence electrons. The monoisotopic (exact) mass is 393 g/mol. The van der Waals surface area contributed by atoms with Crippen LogP contribution in [-0.4, -0.2) is 5.54 Å². The van der Waals surface area contributed by atoms with Gasteiger partial charge in [-0.3, -0.25) is 0 Å². The Morgan fingerprint density at radius 3 is 2.15 bits per heavy atom. The van der Waals surface area contributed by atoms with Crippen LogP contribution in [0.2, 0.25) is 10.0 Å². The van der Waals surface area contributed by atoms with E-state index in [1.165, 1.54) is 5.56 Å². The van der Waals surface area contributed by atoms with Crippen LogP contribution in [0.5, 0.6) is 5.75 Å². The third-order valence-corrected chi connectivity index (χ3v) is 4.66. The largest absolute Gasteiger partial charge is 0.489 e. The molecule has 0 aliphatic rings. The summed E-state index contributed by atoms with van der Waals surface area (Å²) >= 11 is 12.1. The maximum atomic E-state index is 6.18. The Bertz CT molecular complexity index is 718. The molecule has 0 bridgehead atoms. The maximum absolute atomic E-state index is 6.18. The van der Waals surface area contributed by atoms with Gasteiger partial charge in [-0.2, -0.15) is 0 Å². The first kappa shape index (κ1) is 21.1. The molecule has 0 fully saturated rings. The molecule has 2 aromatic carbocycles. The van der Waals surface area contributed by atoms with E-state index in [0.29, 0.717) is 22.1 Å². The molecule has 0 atom stereocenters. The molecule has 2 rings (SSSR count). The summed E-state index contributed by atoms with van der Waals surface area (Å²) < 4.78 is 5.83. The minimum absolute atomic E-state index is 0.0960. The number of halogens is 2. The van der Waals surface area contributed by atoms with Crippen LogP contribution in [0.3, 0.4) is 0 Å². The molecule has 0 aliphatic heterocycles. The molecule has 0 saturated carbocycles. The molecule has 2 nitrogen and oxygen atoms in total. The van der Waals surface area contributed by atoms with E-state index in [9.17, 15) is 0 Å². The fourth-order valence-corrected chi connectivity index (χ4v) is 3.70. The van der Waals surface area contributed by atoms with Crippen molar-refractivity contribution < 1.29 is 4.74 Å². The molecule has 26 heavy (non-hydrogen) atoms. The van der Waals surface area contributed by atoms with E-state index in [-0.39, 0.29) is 5.54 Å². The summed E-state index contributed by atoms with van der Waals surface area (Å²) in [5, 5.41) is 4.91. The molecule has 0 unspecified atom stereocenters. The second-order valence-corrected chi connectivity index (χ2v) is 9.49. The highest BCUT2D eigenvalue weighted by Gasteiger charge is 2.24. The van der Waals surface area contributed by atoms with Crippen molar-refractivity contribution in [2.24, 2.45) is 5.41 Å². The SMILES string of the molecule is CC(C)(C)CC(C)(C)NCc1ccc(OCc2ccc(Cl)cc2Cl)cc1. The van der Waals surface area contributed by atoms with Gasteiger partial charge < -0.3 is 10.1 Å². The van der Waals surface area contributed by atoms with E-state index >= 15 is 0 Å². The highest BCUT2D eigenvalue weighted by molar-refractivity contribution is 6.35. The first-order valence-electron chi connectivity index (χ1n) is 8.95. The van der Waals surface area contributed by atoms with E-state index in [1.807, 2.05) is 24.3 Å². The lowest BCUT2D eigenvalue weighted by Gasteiger charge is -2.33. The predicted molar refractivity (Wildman–Crippen MR) is 112 cm³/mol. The Morgan fingerprint density at radius 1 is 0.923 bits per heavy atom. The van der Waals surface area contributed by atoms with E-state index in [2.05, 4.69) is 52.1 Å². The lowest BCUT2D eigenvalue weighted by atomic mass is 9.82. The van der Waals surface area contributed by atoms with Gasteiger partial charge in [0.05, 0.1) is 0 Å². The van der Waals surface area contributed by atoms with Crippen molar-refractivity contribution in [1.29, 1.82) is 0 Å². The van der Waals surface area contributed by atoms with Crippen LogP contribution in [0.15, 0.2) is 42.5 Å². The van der Waals surface area contributed by atoms with Crippen LogP contribution in [0.25, 0.3) is 0 Å². The summed E-state index contributed by atoms with van der Waals surface area (Å²) in [6.07, 6.45) is 1.11. The second-order valence-electron chi connectivity index (χ2n) is 8.64. The van der Waals surface area contributed by atoms with Gasteiger partial charge in [0.15, 0.2) is 0 Å². The van der Waals surface area contributed by atoms with Crippen molar-refractivity contribution in [2.75, 3.05) is 0 Å². The molecule has 0 aromatic heterocycles. The summed E-state index contributed by atoms with van der Waals surface area (Å²) in [5.74, 6) is 0.828. The lowest BCUT2D eigenvalue weighted by Crippen LogP contribution is -2.41. The van der Waals surface area contributed by atoms with Gasteiger partial charge in [-0.15, -0.1) is 0 Å². The van der Waals surface area contributed by atoms with Crippen molar-refractivity contribution in [3.8, 4) is 5.75 Å². The molecule has 0 amide bonds. The third-order valence-electron chi connectivity index (χ3n) is 4.08. The summed E-state index contributed by atoms with van der Waals surface area (Å²) in [4.78, 5) is 0. The number of ether oxygens (including phenoxy) is 1. The van der Waals surface area contributed by atoms with E-state index < -0.39 is 0 Å². The average molecular weight is 394 g/mol. The van der Waals surface area contributed by atoms with E-state index in [1.54, 1.807) is 6.07 Å². The van der Waals surface area contributed by atoms with Gasteiger partial charge in [0.1, 0.15) is 12.4 Å². The Labute approximate surface area is 167 Å². The molecule has 1 N–H and O–H groups in total. The van der Waals surface area contributed by atoms with Crippen LogP contribution in [0.4, 0.5) is 0 Å². The second kappa shape index (κ2) is 8.65. The van der Waals surface area contributed by atoms with Crippen molar-refractivity contribution in [2.45, 2.75) is 59.7 Å². The normalized spacial score (nSPS) is 12.3. The topological polar surface area (TPSA) is 21.3 Å². The number of benzene rings is 2. The lowest BCUT2D eigenvalue weighted by molar-refractivity contribution is 0.240. The molecule has 0 spiro atoms. The number of nitrogens with one attached hydrogen (secondary N) is 1. The summed E-state index contributed by atoms with van der Waals surface area (Å²) in [6, 6.07) is 13.6. The molecule has 2 aromatic rings. The van der Waals surface area contributed by atoms with Crippen LogP contribution >= 0.6 is 23.2 Å². The molecular weight excluding hydrogens is 365 g/mol. The first-order chi connectivity index (χ1) is 12.0. The van der Waals surface area contributed by atoms with Crippen molar-refractivity contribution in [1.82, 2.24) is 5.32 Å². The number of hydrogen-bond donors (Lipinski definition) is 1. The van der Waals surface area contributed by atoms with Crippen LogP contribution < -0.4 is 10.1 Å². The van der Waals surface area contributed by atoms with Gasteiger partial charge in [0.2, 0.25) is 0 Å². The van der Waals surface area contributed by atoms with Gasteiger partial charge in [0.25, 0.3) is 0 Å². The Hall–Kier alpha value is -1.22. The van der Waals surface area contributed by atoms with Gasteiger partial charge in [-0.25, -0.2) is 0 Å². The molecule has 0 aliphatic carbocycles. The zero-order valence-corrected chi connectivity index (χ0v) is 17.8. The smallest absolute Gasteiger partial charge is 0.119 e. The molecule has 0 heterocycles. The summed E-state index contributed by atoms with van der Waals surface area (Å²) in [5.41, 5.74) is 2.56. The van der Waals surface area contributed by atoms with Gasteiger partial charge in [-0.1, -0.05) is 62.2 Å². The first-order valence-corrected chi connectivity index (χ1v) is 9.70. The Balaban J connectivity index is 1.88. The van der Waals surface area contributed by atoms with E-state index in [4.69, 9.17) is 27.9 Å². The predicted octanol–water partition coefficient (Wildman–Crippen LogP) is 6.88. The van der Waals surface area contributed by atoms with Crippen molar-refractivity contribution in [3.63, 3.8) is 0 Å². The molecular formula is C22H29Cl2NO. The Kier molecular flexibility index (Phi) is 7.01. The minimum atomic E-state index is 0.0960. The van der Waals surface area contributed by atoms with Gasteiger partial charge in [-0.05, 0) is 55.5 Å². The number of hydrogen-bond acceptors (Lipinski definition) is 2. The van der Waals surface area contributed by atoms with Gasteiger partial charge in [0, 0.05) is 27.7 Å². The van der Waals surface area contributed by atoms with Crippen LogP contribution in [0, 0.1) is 5.41 Å². The average Bonchev–Trinajstić information content (AvgIpc) is 2.51. The van der Waals surface area contributed by atoms with Crippen molar-refractivity contribution in [3.05, 3.63) is 63.6 Å². The zero-order valence-electron chi connectivity index (χ0n) is 16.3. The van der Waals surface area contributed by atoms with Gasteiger partial charge >= 0.3 is 0 Å². The zero-order chi connectivity index (χ0) is 19.4. The summed E-state index contributed by atoms with van der Waals surface area (Å²) in [6.45, 7) is 12.6. The standard InChI is InChI=1S/C22H29Cl2NO/c1-21(2,3)15-22(4,5)25-13-16-6-10-19(11-7-16)26-14-17-8-9-18(23)12-20(17)24/h6-12,25H,13-15H2,1-5H3. The van der Waals surface area contributed by atoms with E-state index in [0.717, 1.165) is 24.3 Å². The summed E-state index contributed by atoms with van der Waals surface area (Å²) in [7, 11) is 0. The minimum Gasteiger partial charge on any atom is -0.489 e. The fourth-order valence-electron chi connectivity index (χ4n) is 3.23.